The van der Waals surface area contributed by atoms with Crippen molar-refractivity contribution in [3.8, 4) is 11.5 Å². The van der Waals surface area contributed by atoms with Gasteiger partial charge >= 0.3 is 0 Å². The number of nitrogens with zero attached hydrogens (tertiary/aromatic N) is 1. The summed E-state index contributed by atoms with van der Waals surface area (Å²) < 4.78 is 12.0. The van der Waals surface area contributed by atoms with E-state index in [2.05, 4.69) is 36.9 Å². The zero-order valence-corrected chi connectivity index (χ0v) is 13.1. The zero-order valence-electron chi connectivity index (χ0n) is 13.1. The number of aryl methyl sites for hydroxylation is 1. The minimum absolute atomic E-state index is 0.0524. The molecule has 1 aliphatic carbocycles. The van der Waals surface area contributed by atoms with Crippen molar-refractivity contribution < 1.29 is 9.47 Å². The predicted octanol–water partition coefficient (Wildman–Crippen LogP) is 3.26. The van der Waals surface area contributed by atoms with E-state index in [1.807, 2.05) is 0 Å². The molecule has 0 aromatic heterocycles. The molecule has 3 heteroatoms. The largest absolute Gasteiger partial charge is 0.492 e. The van der Waals surface area contributed by atoms with E-state index in [0.717, 1.165) is 36.9 Å². The number of ether oxygens (including phenoxy) is 2. The highest BCUT2D eigenvalue weighted by atomic mass is 16.5. The summed E-state index contributed by atoms with van der Waals surface area (Å²) in [5, 5.41) is 0. The second-order valence-corrected chi connectivity index (χ2v) is 7.49. The van der Waals surface area contributed by atoms with Crippen LogP contribution < -0.4 is 9.47 Å². The second kappa shape index (κ2) is 4.91. The lowest BCUT2D eigenvalue weighted by Crippen LogP contribution is -2.32. The van der Waals surface area contributed by atoms with E-state index in [4.69, 9.17) is 9.47 Å². The second-order valence-electron chi connectivity index (χ2n) is 7.49. The molecule has 3 aliphatic rings. The third kappa shape index (κ3) is 3.18. The van der Waals surface area contributed by atoms with Crippen molar-refractivity contribution in [3.05, 3.63) is 23.8 Å². The molecule has 2 fully saturated rings. The third-order valence-electron chi connectivity index (χ3n) is 4.88. The molecule has 0 radical (unpaired) electrons. The maximum absolute atomic E-state index is 6.07. The highest BCUT2D eigenvalue weighted by Gasteiger charge is 2.38. The Morgan fingerprint density at radius 3 is 3.00 bits per heavy atom. The van der Waals surface area contributed by atoms with Crippen molar-refractivity contribution in [2.75, 3.05) is 19.7 Å². The number of fused-ring (bicyclic) bond motifs is 1. The lowest BCUT2D eigenvalue weighted by molar-refractivity contribution is 0.0842. The van der Waals surface area contributed by atoms with E-state index < -0.39 is 0 Å². The molecule has 0 spiro atoms. The van der Waals surface area contributed by atoms with Crippen LogP contribution in [0.15, 0.2) is 18.2 Å². The SMILES string of the molecule is CC1(C)CCc2ccc(OCC3CN3CC3CC3)cc2O1. The van der Waals surface area contributed by atoms with Gasteiger partial charge in [-0.05, 0) is 57.1 Å². The Kier molecular flexibility index (Phi) is 3.14. The van der Waals surface area contributed by atoms with E-state index in [-0.39, 0.29) is 5.60 Å². The van der Waals surface area contributed by atoms with Crippen LogP contribution in [0, 0.1) is 5.92 Å². The Hall–Kier alpha value is -1.22. The van der Waals surface area contributed by atoms with E-state index in [9.17, 15) is 0 Å². The fourth-order valence-electron chi connectivity index (χ4n) is 3.14. The van der Waals surface area contributed by atoms with Gasteiger partial charge in [0.15, 0.2) is 0 Å². The van der Waals surface area contributed by atoms with Gasteiger partial charge < -0.3 is 9.47 Å². The van der Waals surface area contributed by atoms with Crippen LogP contribution in [0.2, 0.25) is 0 Å². The highest BCUT2D eigenvalue weighted by Crippen LogP contribution is 2.36. The lowest BCUT2D eigenvalue weighted by atomic mass is 9.94. The average molecular weight is 287 g/mol. The van der Waals surface area contributed by atoms with Crippen molar-refractivity contribution in [1.82, 2.24) is 4.90 Å². The van der Waals surface area contributed by atoms with Gasteiger partial charge in [0.05, 0.1) is 6.04 Å². The van der Waals surface area contributed by atoms with E-state index >= 15 is 0 Å². The predicted molar refractivity (Wildman–Crippen MR) is 83.1 cm³/mol. The lowest BCUT2D eigenvalue weighted by Gasteiger charge is -2.32. The molecule has 2 aliphatic heterocycles. The number of benzene rings is 1. The molecule has 4 rings (SSSR count). The van der Waals surface area contributed by atoms with Crippen LogP contribution in [0.5, 0.6) is 11.5 Å². The van der Waals surface area contributed by atoms with Gasteiger partial charge in [0.2, 0.25) is 0 Å². The Labute approximate surface area is 127 Å². The average Bonchev–Trinajstić information content (AvgIpc) is 3.34. The summed E-state index contributed by atoms with van der Waals surface area (Å²) in [6.45, 7) is 7.63. The van der Waals surface area contributed by atoms with Gasteiger partial charge in [0.25, 0.3) is 0 Å². The first-order valence-corrected chi connectivity index (χ1v) is 8.28. The molecule has 2 heterocycles. The summed E-state index contributed by atoms with van der Waals surface area (Å²) in [5.41, 5.74) is 1.26. The highest BCUT2D eigenvalue weighted by molar-refractivity contribution is 5.42. The summed E-state index contributed by atoms with van der Waals surface area (Å²) in [4.78, 5) is 2.54. The Balaban J connectivity index is 1.33. The molecule has 2 unspecified atom stereocenters. The van der Waals surface area contributed by atoms with Crippen LogP contribution in [0.25, 0.3) is 0 Å². The standard InChI is InChI=1S/C18H25NO2/c1-18(2)8-7-14-5-6-16(9-17(14)21-18)20-12-15-11-19(15)10-13-3-4-13/h5-6,9,13,15H,3-4,7-8,10-12H2,1-2H3. The normalized spacial score (nSPS) is 29.4. The smallest absolute Gasteiger partial charge is 0.126 e. The number of hydrogen-bond donors (Lipinski definition) is 0. The third-order valence-corrected chi connectivity index (χ3v) is 4.88. The fraction of sp³-hybridized carbons (Fsp3) is 0.667. The van der Waals surface area contributed by atoms with Crippen molar-refractivity contribution in [2.45, 2.75) is 51.2 Å². The Morgan fingerprint density at radius 2 is 2.19 bits per heavy atom. The molecule has 1 saturated heterocycles. The minimum atomic E-state index is -0.0524. The van der Waals surface area contributed by atoms with Gasteiger partial charge in [-0.25, -0.2) is 0 Å². The van der Waals surface area contributed by atoms with Gasteiger partial charge in [0, 0.05) is 19.2 Å². The van der Waals surface area contributed by atoms with Crippen LogP contribution in [-0.2, 0) is 6.42 Å². The van der Waals surface area contributed by atoms with Crippen molar-refractivity contribution >= 4 is 0 Å². The molecular weight excluding hydrogens is 262 g/mol. The maximum Gasteiger partial charge on any atom is 0.126 e. The quantitative estimate of drug-likeness (QED) is 0.776. The van der Waals surface area contributed by atoms with E-state index in [0.29, 0.717) is 6.04 Å². The zero-order chi connectivity index (χ0) is 14.4. The van der Waals surface area contributed by atoms with Gasteiger partial charge in [-0.15, -0.1) is 0 Å². The summed E-state index contributed by atoms with van der Waals surface area (Å²) >= 11 is 0. The molecule has 21 heavy (non-hydrogen) atoms. The first kappa shape index (κ1) is 13.4. The van der Waals surface area contributed by atoms with Crippen LogP contribution in [0.4, 0.5) is 0 Å². The van der Waals surface area contributed by atoms with E-state index in [1.165, 1.54) is 31.5 Å². The van der Waals surface area contributed by atoms with Gasteiger partial charge in [0.1, 0.15) is 23.7 Å². The molecule has 114 valence electrons. The monoisotopic (exact) mass is 287 g/mol. The first-order chi connectivity index (χ1) is 10.1. The number of hydrogen-bond acceptors (Lipinski definition) is 3. The maximum atomic E-state index is 6.07. The molecule has 1 aromatic carbocycles. The Morgan fingerprint density at radius 1 is 1.33 bits per heavy atom. The molecule has 2 atom stereocenters. The van der Waals surface area contributed by atoms with Gasteiger partial charge in [-0.1, -0.05) is 6.07 Å². The summed E-state index contributed by atoms with van der Waals surface area (Å²) in [5.74, 6) is 2.94. The van der Waals surface area contributed by atoms with E-state index in [1.54, 1.807) is 0 Å². The topological polar surface area (TPSA) is 21.5 Å². The van der Waals surface area contributed by atoms with Gasteiger partial charge in [-0.3, -0.25) is 4.90 Å². The van der Waals surface area contributed by atoms with Crippen LogP contribution in [-0.4, -0.2) is 36.2 Å². The molecule has 1 saturated carbocycles. The number of rotatable bonds is 5. The van der Waals surface area contributed by atoms with Crippen LogP contribution in [0.1, 0.15) is 38.7 Å². The fourth-order valence-corrected chi connectivity index (χ4v) is 3.14. The molecular formula is C18H25NO2. The van der Waals surface area contributed by atoms with Gasteiger partial charge in [-0.2, -0.15) is 0 Å². The molecule has 0 N–H and O–H groups in total. The summed E-state index contributed by atoms with van der Waals surface area (Å²) in [6, 6.07) is 6.96. The van der Waals surface area contributed by atoms with Crippen molar-refractivity contribution in [3.63, 3.8) is 0 Å². The molecule has 0 bridgehead atoms. The minimum Gasteiger partial charge on any atom is -0.492 e. The summed E-state index contributed by atoms with van der Waals surface area (Å²) in [6.07, 6.45) is 5.04. The molecule has 0 amide bonds. The summed E-state index contributed by atoms with van der Waals surface area (Å²) in [7, 11) is 0. The first-order valence-electron chi connectivity index (χ1n) is 8.28. The van der Waals surface area contributed by atoms with Crippen LogP contribution in [0.3, 0.4) is 0 Å². The van der Waals surface area contributed by atoms with Crippen LogP contribution >= 0.6 is 0 Å². The molecule has 3 nitrogen and oxygen atoms in total. The Bertz CT molecular complexity index is 536. The molecule has 1 aromatic rings. The van der Waals surface area contributed by atoms with Crippen molar-refractivity contribution in [1.29, 1.82) is 0 Å². The van der Waals surface area contributed by atoms with Crippen molar-refractivity contribution in [2.24, 2.45) is 5.92 Å².